The van der Waals surface area contributed by atoms with E-state index in [1.807, 2.05) is 18.2 Å². The SMILES string of the molecule is COc1ccc2c(c1)CCC[C@@H]2C(=O)O. The molecule has 0 unspecified atom stereocenters. The van der Waals surface area contributed by atoms with Gasteiger partial charge >= 0.3 is 5.97 Å². The Hall–Kier alpha value is -1.51. The lowest BCUT2D eigenvalue weighted by Crippen LogP contribution is -2.17. The van der Waals surface area contributed by atoms with Gasteiger partial charge in [-0.15, -0.1) is 0 Å². The number of hydrogen-bond acceptors (Lipinski definition) is 2. The van der Waals surface area contributed by atoms with E-state index in [1.54, 1.807) is 7.11 Å². The average Bonchev–Trinajstić information content (AvgIpc) is 2.27. The number of methoxy groups -OCH3 is 1. The van der Waals surface area contributed by atoms with Crippen LogP contribution in [0.5, 0.6) is 5.75 Å². The van der Waals surface area contributed by atoms with Crippen molar-refractivity contribution in [3.8, 4) is 5.75 Å². The van der Waals surface area contributed by atoms with Crippen LogP contribution in [-0.4, -0.2) is 18.2 Å². The fourth-order valence-corrected chi connectivity index (χ4v) is 2.17. The van der Waals surface area contributed by atoms with Gasteiger partial charge in [-0.1, -0.05) is 6.07 Å². The monoisotopic (exact) mass is 206 g/mol. The molecule has 15 heavy (non-hydrogen) atoms. The van der Waals surface area contributed by atoms with Gasteiger partial charge in [0.2, 0.25) is 0 Å². The maximum atomic E-state index is 11.0. The van der Waals surface area contributed by atoms with E-state index in [-0.39, 0.29) is 5.92 Å². The summed E-state index contributed by atoms with van der Waals surface area (Å²) in [5, 5.41) is 9.08. The van der Waals surface area contributed by atoms with Gasteiger partial charge in [-0.3, -0.25) is 4.79 Å². The number of hydrogen-bond donors (Lipinski definition) is 1. The number of carboxylic acids is 1. The number of aryl methyl sites for hydroxylation is 1. The normalized spacial score (nSPS) is 19.4. The Kier molecular flexibility index (Phi) is 2.62. The molecule has 1 aliphatic carbocycles. The van der Waals surface area contributed by atoms with Crippen LogP contribution < -0.4 is 4.74 Å². The lowest BCUT2D eigenvalue weighted by atomic mass is 9.83. The van der Waals surface area contributed by atoms with Gasteiger partial charge < -0.3 is 9.84 Å². The molecule has 0 saturated heterocycles. The number of ether oxygens (including phenoxy) is 1. The first-order valence-electron chi connectivity index (χ1n) is 5.12. The third kappa shape index (κ3) is 1.82. The number of carbonyl (C=O) groups is 1. The fourth-order valence-electron chi connectivity index (χ4n) is 2.17. The fraction of sp³-hybridized carbons (Fsp3) is 0.417. The molecular weight excluding hydrogens is 192 g/mol. The molecule has 0 spiro atoms. The molecule has 0 bridgehead atoms. The highest BCUT2D eigenvalue weighted by Gasteiger charge is 2.26. The summed E-state index contributed by atoms with van der Waals surface area (Å²) in [5.74, 6) is -0.249. The zero-order valence-corrected chi connectivity index (χ0v) is 8.69. The van der Waals surface area contributed by atoms with E-state index in [0.717, 1.165) is 36.1 Å². The first-order chi connectivity index (χ1) is 7.22. The van der Waals surface area contributed by atoms with Gasteiger partial charge in [-0.25, -0.2) is 0 Å². The number of benzene rings is 1. The smallest absolute Gasteiger partial charge is 0.310 e. The second kappa shape index (κ2) is 3.93. The third-order valence-electron chi connectivity index (χ3n) is 2.96. The lowest BCUT2D eigenvalue weighted by Gasteiger charge is -2.22. The van der Waals surface area contributed by atoms with E-state index < -0.39 is 5.97 Å². The minimum atomic E-state index is -0.721. The summed E-state index contributed by atoms with van der Waals surface area (Å²) in [6.45, 7) is 0. The van der Waals surface area contributed by atoms with Crippen LogP contribution in [0.1, 0.15) is 29.9 Å². The van der Waals surface area contributed by atoms with E-state index in [1.165, 1.54) is 0 Å². The molecule has 0 aromatic heterocycles. The zero-order valence-electron chi connectivity index (χ0n) is 8.69. The molecular formula is C12H14O3. The minimum Gasteiger partial charge on any atom is -0.497 e. The van der Waals surface area contributed by atoms with Crippen molar-refractivity contribution in [1.29, 1.82) is 0 Å². The molecule has 2 rings (SSSR count). The molecule has 1 aromatic rings. The summed E-state index contributed by atoms with van der Waals surface area (Å²) in [7, 11) is 1.62. The molecule has 0 radical (unpaired) electrons. The standard InChI is InChI=1S/C12H14O3/c1-15-9-5-6-10-8(7-9)3-2-4-11(10)12(13)14/h5-7,11H,2-4H2,1H3,(H,13,14)/t11-/m0/s1. The van der Waals surface area contributed by atoms with Crippen molar-refractivity contribution in [3.63, 3.8) is 0 Å². The first-order valence-corrected chi connectivity index (χ1v) is 5.12. The third-order valence-corrected chi connectivity index (χ3v) is 2.96. The summed E-state index contributed by atoms with van der Waals surface area (Å²) in [4.78, 5) is 11.0. The van der Waals surface area contributed by atoms with E-state index in [9.17, 15) is 4.79 Å². The van der Waals surface area contributed by atoms with Gasteiger partial charge in [-0.2, -0.15) is 0 Å². The average molecular weight is 206 g/mol. The predicted molar refractivity (Wildman–Crippen MR) is 56.3 cm³/mol. The van der Waals surface area contributed by atoms with Gasteiger partial charge in [0.25, 0.3) is 0 Å². The van der Waals surface area contributed by atoms with E-state index >= 15 is 0 Å². The van der Waals surface area contributed by atoms with E-state index in [2.05, 4.69) is 0 Å². The van der Waals surface area contributed by atoms with Gasteiger partial charge in [0.05, 0.1) is 13.0 Å². The van der Waals surface area contributed by atoms with Gasteiger partial charge in [-0.05, 0) is 42.5 Å². The number of carboxylic acid groups (broad SMARTS) is 1. The van der Waals surface area contributed by atoms with Crippen LogP contribution >= 0.6 is 0 Å². The topological polar surface area (TPSA) is 46.5 Å². The summed E-state index contributed by atoms with van der Waals surface area (Å²) in [6.07, 6.45) is 2.64. The highest BCUT2D eigenvalue weighted by Crippen LogP contribution is 2.33. The lowest BCUT2D eigenvalue weighted by molar-refractivity contribution is -0.139. The van der Waals surface area contributed by atoms with E-state index in [4.69, 9.17) is 9.84 Å². The first kappa shape index (κ1) is 10.0. The second-order valence-electron chi connectivity index (χ2n) is 3.85. The maximum absolute atomic E-state index is 11.0. The quantitative estimate of drug-likeness (QED) is 0.806. The Balaban J connectivity index is 2.40. The highest BCUT2D eigenvalue weighted by atomic mass is 16.5. The predicted octanol–water partition coefficient (Wildman–Crippen LogP) is 2.20. The van der Waals surface area contributed by atoms with Crippen LogP contribution in [0.25, 0.3) is 0 Å². The van der Waals surface area contributed by atoms with Crippen LogP contribution in [0.4, 0.5) is 0 Å². The van der Waals surface area contributed by atoms with Crippen molar-refractivity contribution in [3.05, 3.63) is 29.3 Å². The number of aliphatic carboxylic acids is 1. The van der Waals surface area contributed by atoms with Gasteiger partial charge in [0.1, 0.15) is 5.75 Å². The molecule has 0 amide bonds. The summed E-state index contributed by atoms with van der Waals surface area (Å²) in [6, 6.07) is 5.66. The number of rotatable bonds is 2. The summed E-state index contributed by atoms with van der Waals surface area (Å²) >= 11 is 0. The van der Waals surface area contributed by atoms with Crippen LogP contribution in [0.15, 0.2) is 18.2 Å². The van der Waals surface area contributed by atoms with Crippen LogP contribution in [0.2, 0.25) is 0 Å². The van der Waals surface area contributed by atoms with Crippen LogP contribution in [0, 0.1) is 0 Å². The Morgan fingerprint density at radius 1 is 1.53 bits per heavy atom. The molecule has 1 aliphatic rings. The molecule has 0 fully saturated rings. The van der Waals surface area contributed by atoms with Crippen molar-refractivity contribution < 1.29 is 14.6 Å². The largest absolute Gasteiger partial charge is 0.497 e. The van der Waals surface area contributed by atoms with Gasteiger partial charge in [0, 0.05) is 0 Å². The molecule has 3 heteroatoms. The summed E-state index contributed by atoms with van der Waals surface area (Å²) in [5.41, 5.74) is 2.07. The Morgan fingerprint density at radius 3 is 3.00 bits per heavy atom. The summed E-state index contributed by atoms with van der Waals surface area (Å²) < 4.78 is 5.13. The highest BCUT2D eigenvalue weighted by molar-refractivity contribution is 5.77. The van der Waals surface area contributed by atoms with Crippen molar-refractivity contribution in [2.75, 3.05) is 7.11 Å². The Bertz CT molecular complexity index is 384. The molecule has 3 nitrogen and oxygen atoms in total. The van der Waals surface area contributed by atoms with Gasteiger partial charge in [0.15, 0.2) is 0 Å². The molecule has 1 atom stereocenters. The van der Waals surface area contributed by atoms with E-state index in [0.29, 0.717) is 0 Å². The molecule has 0 heterocycles. The number of fused-ring (bicyclic) bond motifs is 1. The van der Waals surface area contributed by atoms with Crippen molar-refractivity contribution >= 4 is 5.97 Å². The van der Waals surface area contributed by atoms with Crippen molar-refractivity contribution in [2.24, 2.45) is 0 Å². The Labute approximate surface area is 88.7 Å². The molecule has 80 valence electrons. The molecule has 1 aromatic carbocycles. The second-order valence-corrected chi connectivity index (χ2v) is 3.85. The molecule has 0 aliphatic heterocycles. The molecule has 1 N–H and O–H groups in total. The minimum absolute atomic E-state index is 0.334. The van der Waals surface area contributed by atoms with Crippen molar-refractivity contribution in [1.82, 2.24) is 0 Å². The van der Waals surface area contributed by atoms with Crippen LogP contribution in [0.3, 0.4) is 0 Å². The Morgan fingerprint density at radius 2 is 2.33 bits per heavy atom. The zero-order chi connectivity index (χ0) is 10.8. The molecule has 0 saturated carbocycles. The maximum Gasteiger partial charge on any atom is 0.310 e. The van der Waals surface area contributed by atoms with Crippen LogP contribution in [-0.2, 0) is 11.2 Å². The van der Waals surface area contributed by atoms with Crippen molar-refractivity contribution in [2.45, 2.75) is 25.2 Å².